The predicted octanol–water partition coefficient (Wildman–Crippen LogP) is -2.43. The third kappa shape index (κ3) is 10.4. The lowest BCUT2D eigenvalue weighted by Crippen LogP contribution is -2.58. The average Bonchev–Trinajstić information content (AvgIpc) is 2.71. The van der Waals surface area contributed by atoms with E-state index in [0.717, 1.165) is 0 Å². The van der Waals surface area contributed by atoms with Gasteiger partial charge in [-0.2, -0.15) is 12.6 Å². The number of hydrogen-bond donors (Lipinski definition) is 8. The number of nitrogens with two attached hydrogens (primary N) is 2. The molecule has 0 radical (unpaired) electrons. The van der Waals surface area contributed by atoms with Gasteiger partial charge in [-0.3, -0.25) is 24.0 Å². The van der Waals surface area contributed by atoms with Crippen molar-refractivity contribution in [1.29, 1.82) is 0 Å². The van der Waals surface area contributed by atoms with Crippen LogP contribution in [0.3, 0.4) is 0 Å². The van der Waals surface area contributed by atoms with Crippen molar-refractivity contribution >= 4 is 48.2 Å². The average molecular weight is 478 g/mol. The van der Waals surface area contributed by atoms with E-state index in [-0.39, 0.29) is 12.2 Å². The van der Waals surface area contributed by atoms with Crippen molar-refractivity contribution in [3.8, 4) is 0 Å². The van der Waals surface area contributed by atoms with Crippen molar-refractivity contribution in [2.24, 2.45) is 17.4 Å². The van der Waals surface area contributed by atoms with Crippen LogP contribution in [0, 0.1) is 5.92 Å². The molecular weight excluding hydrogens is 446 g/mol. The summed E-state index contributed by atoms with van der Waals surface area (Å²) in [5.41, 5.74) is 10.7. The fourth-order valence-corrected chi connectivity index (χ4v) is 2.68. The predicted molar refractivity (Wildman–Crippen MR) is 115 cm³/mol. The quantitative estimate of drug-likeness (QED) is 0.117. The number of rotatable bonds is 15. The number of amides is 4. The fourth-order valence-electron chi connectivity index (χ4n) is 2.52. The highest BCUT2D eigenvalue weighted by molar-refractivity contribution is 7.80. The van der Waals surface area contributed by atoms with Crippen LogP contribution in [0.5, 0.6) is 0 Å². The van der Waals surface area contributed by atoms with Crippen molar-refractivity contribution < 1.29 is 39.0 Å². The molecule has 14 heteroatoms. The normalized spacial score (nSPS) is 15.4. The zero-order valence-electron chi connectivity index (χ0n) is 17.9. The van der Waals surface area contributed by atoms with Gasteiger partial charge >= 0.3 is 11.9 Å². The lowest BCUT2D eigenvalue weighted by molar-refractivity contribution is -0.144. The second-order valence-corrected chi connectivity index (χ2v) is 7.59. The second-order valence-electron chi connectivity index (χ2n) is 7.22. The number of nitrogens with one attached hydrogen (secondary N) is 3. The Hall–Kier alpha value is -2.87. The SMILES string of the molecule is CCC(C)C(NC(=O)C(CC(N)=O)NC(=O)C(CCC(=O)O)NC(=O)C(N)CS)C(=O)O. The van der Waals surface area contributed by atoms with Crippen LogP contribution in [0.15, 0.2) is 0 Å². The molecule has 4 amide bonds. The molecule has 0 fully saturated rings. The Labute approximate surface area is 190 Å². The van der Waals surface area contributed by atoms with Crippen LogP contribution < -0.4 is 27.4 Å². The summed E-state index contributed by atoms with van der Waals surface area (Å²) >= 11 is 3.87. The summed E-state index contributed by atoms with van der Waals surface area (Å²) in [6.07, 6.45) is -1.04. The zero-order valence-corrected chi connectivity index (χ0v) is 18.8. The molecule has 5 unspecified atom stereocenters. The van der Waals surface area contributed by atoms with Gasteiger partial charge in [-0.15, -0.1) is 0 Å². The standard InChI is InChI=1S/C18H31N5O8S/c1-3-8(2)14(18(30)31)23-17(29)11(6-12(20)24)22-16(28)10(4-5-13(25)26)21-15(27)9(19)7-32/h8-11,14,32H,3-7,19H2,1-2H3,(H2,20,24)(H,21,27)(H,22,28)(H,23,29)(H,25,26)(H,30,31). The molecule has 0 aliphatic heterocycles. The Kier molecular flexibility index (Phi) is 13.0. The van der Waals surface area contributed by atoms with E-state index in [4.69, 9.17) is 16.6 Å². The molecule has 0 saturated carbocycles. The first-order valence-electron chi connectivity index (χ1n) is 9.84. The van der Waals surface area contributed by atoms with E-state index in [1.807, 2.05) is 0 Å². The van der Waals surface area contributed by atoms with Crippen molar-refractivity contribution in [2.75, 3.05) is 5.75 Å². The van der Waals surface area contributed by atoms with Gasteiger partial charge in [0, 0.05) is 12.2 Å². The first kappa shape index (κ1) is 29.1. The molecule has 32 heavy (non-hydrogen) atoms. The lowest BCUT2D eigenvalue weighted by Gasteiger charge is -2.26. The Morgan fingerprint density at radius 3 is 1.91 bits per heavy atom. The highest BCUT2D eigenvalue weighted by Crippen LogP contribution is 2.09. The Morgan fingerprint density at radius 1 is 0.938 bits per heavy atom. The highest BCUT2D eigenvalue weighted by Gasteiger charge is 2.32. The molecule has 5 atom stereocenters. The van der Waals surface area contributed by atoms with Gasteiger partial charge in [-0.25, -0.2) is 4.79 Å². The van der Waals surface area contributed by atoms with Crippen LogP contribution >= 0.6 is 12.6 Å². The van der Waals surface area contributed by atoms with E-state index < -0.39 is 78.5 Å². The summed E-state index contributed by atoms with van der Waals surface area (Å²) in [5, 5.41) is 25.0. The van der Waals surface area contributed by atoms with Crippen molar-refractivity contribution in [1.82, 2.24) is 16.0 Å². The molecule has 0 aliphatic rings. The number of carboxylic acids is 2. The van der Waals surface area contributed by atoms with Crippen LogP contribution in [0.1, 0.15) is 39.5 Å². The van der Waals surface area contributed by atoms with Gasteiger partial charge in [0.1, 0.15) is 18.1 Å². The number of hydrogen-bond acceptors (Lipinski definition) is 8. The van der Waals surface area contributed by atoms with Crippen LogP contribution in [0.4, 0.5) is 0 Å². The maximum Gasteiger partial charge on any atom is 0.326 e. The summed E-state index contributed by atoms with van der Waals surface area (Å²) in [5.74, 6) is -6.70. The highest BCUT2D eigenvalue weighted by atomic mass is 32.1. The third-order valence-corrected chi connectivity index (χ3v) is 5.02. The van der Waals surface area contributed by atoms with Gasteiger partial charge in [-0.1, -0.05) is 20.3 Å². The summed E-state index contributed by atoms with van der Waals surface area (Å²) in [6, 6.07) is -5.29. The molecule has 9 N–H and O–H groups in total. The Balaban J connectivity index is 5.58. The Bertz CT molecular complexity index is 719. The summed E-state index contributed by atoms with van der Waals surface area (Å²) < 4.78 is 0. The minimum Gasteiger partial charge on any atom is -0.481 e. The minimum absolute atomic E-state index is 0.0437. The molecule has 0 rings (SSSR count). The number of carboxylic acid groups (broad SMARTS) is 2. The van der Waals surface area contributed by atoms with Crippen LogP contribution in [-0.2, 0) is 28.8 Å². The lowest BCUT2D eigenvalue weighted by atomic mass is 9.98. The molecule has 182 valence electrons. The van der Waals surface area contributed by atoms with Crippen molar-refractivity contribution in [3.63, 3.8) is 0 Å². The second kappa shape index (κ2) is 14.2. The Morgan fingerprint density at radius 2 is 1.47 bits per heavy atom. The number of carbonyl (C=O) groups is 6. The minimum atomic E-state index is -1.55. The van der Waals surface area contributed by atoms with Gasteiger partial charge in [0.15, 0.2) is 0 Å². The van der Waals surface area contributed by atoms with Gasteiger partial charge < -0.3 is 37.6 Å². The van der Waals surface area contributed by atoms with Gasteiger partial charge in [-0.05, 0) is 12.3 Å². The number of primary amides is 1. The van der Waals surface area contributed by atoms with E-state index in [1.165, 1.54) is 0 Å². The van der Waals surface area contributed by atoms with Gasteiger partial charge in [0.25, 0.3) is 0 Å². The summed E-state index contributed by atoms with van der Waals surface area (Å²) in [4.78, 5) is 71.1. The van der Waals surface area contributed by atoms with Crippen LogP contribution in [0.2, 0.25) is 0 Å². The third-order valence-electron chi connectivity index (χ3n) is 4.63. The molecule has 0 spiro atoms. The maximum absolute atomic E-state index is 12.7. The van der Waals surface area contributed by atoms with Crippen molar-refractivity contribution in [3.05, 3.63) is 0 Å². The molecule has 0 aromatic rings. The summed E-state index contributed by atoms with van der Waals surface area (Å²) in [7, 11) is 0. The first-order chi connectivity index (χ1) is 14.8. The smallest absolute Gasteiger partial charge is 0.326 e. The van der Waals surface area contributed by atoms with E-state index in [2.05, 4.69) is 28.6 Å². The van der Waals surface area contributed by atoms with E-state index in [0.29, 0.717) is 6.42 Å². The number of thiol groups is 1. The fraction of sp³-hybridized carbons (Fsp3) is 0.667. The van der Waals surface area contributed by atoms with E-state index >= 15 is 0 Å². The molecule has 0 saturated heterocycles. The maximum atomic E-state index is 12.7. The molecule has 0 aromatic heterocycles. The van der Waals surface area contributed by atoms with E-state index in [1.54, 1.807) is 13.8 Å². The molecule has 0 heterocycles. The van der Waals surface area contributed by atoms with Crippen LogP contribution in [-0.4, -0.2) is 75.7 Å². The zero-order chi connectivity index (χ0) is 25.0. The molecule has 0 bridgehead atoms. The molecule has 13 nitrogen and oxygen atoms in total. The largest absolute Gasteiger partial charge is 0.481 e. The monoisotopic (exact) mass is 477 g/mol. The number of aliphatic carboxylic acids is 2. The number of carbonyl (C=O) groups excluding carboxylic acids is 4. The van der Waals surface area contributed by atoms with E-state index in [9.17, 15) is 33.9 Å². The van der Waals surface area contributed by atoms with Gasteiger partial charge in [0.05, 0.1) is 12.5 Å². The molecular formula is C18H31N5O8S. The van der Waals surface area contributed by atoms with Crippen LogP contribution in [0.25, 0.3) is 0 Å². The summed E-state index contributed by atoms with van der Waals surface area (Å²) in [6.45, 7) is 3.32. The topological polar surface area (TPSA) is 231 Å². The first-order valence-corrected chi connectivity index (χ1v) is 10.5. The van der Waals surface area contributed by atoms with Crippen molar-refractivity contribution in [2.45, 2.75) is 63.7 Å². The van der Waals surface area contributed by atoms with Gasteiger partial charge in [0.2, 0.25) is 23.6 Å². The molecule has 0 aromatic carbocycles. The molecule has 0 aliphatic carbocycles.